The number of nitrogens with zero attached hydrogens (tertiary/aromatic N) is 5. The number of anilines is 1. The predicted molar refractivity (Wildman–Crippen MR) is 86.0 cm³/mol. The zero-order valence-corrected chi connectivity index (χ0v) is 13.9. The minimum Gasteiger partial charge on any atom is -0.359 e. The van der Waals surface area contributed by atoms with Gasteiger partial charge in [0.1, 0.15) is 22.6 Å². The molecule has 6 heteroatoms. The Balaban J connectivity index is 2.01. The van der Waals surface area contributed by atoms with Gasteiger partial charge in [0.15, 0.2) is 0 Å². The average molecular weight is 308 g/mol. The summed E-state index contributed by atoms with van der Waals surface area (Å²) in [5, 5.41) is 0.550. The fraction of sp³-hybridized carbons (Fsp3) is 0.533. The van der Waals surface area contributed by atoms with Gasteiger partial charge in [0.05, 0.1) is 0 Å². The lowest BCUT2D eigenvalue weighted by atomic mass is 10.3. The molecular weight excluding hydrogens is 286 g/mol. The van der Waals surface area contributed by atoms with Gasteiger partial charge in [-0.15, -0.1) is 0 Å². The third kappa shape index (κ3) is 3.73. The first-order valence-electron chi connectivity index (χ1n) is 7.24. The lowest BCUT2D eigenvalue weighted by Gasteiger charge is -2.21. The van der Waals surface area contributed by atoms with E-state index in [1.54, 1.807) is 0 Å². The minimum atomic E-state index is 0.550. The molecule has 0 atom stereocenters. The van der Waals surface area contributed by atoms with Crippen molar-refractivity contribution >= 4 is 17.4 Å². The van der Waals surface area contributed by atoms with Crippen LogP contribution < -0.4 is 4.90 Å². The molecule has 5 nitrogen and oxygen atoms in total. The Morgan fingerprint density at radius 1 is 1.29 bits per heavy atom. The van der Waals surface area contributed by atoms with E-state index in [2.05, 4.69) is 24.4 Å². The predicted octanol–water partition coefficient (Wildman–Crippen LogP) is 3.03. The summed E-state index contributed by atoms with van der Waals surface area (Å²) in [5.74, 6) is 2.76. The quantitative estimate of drug-likeness (QED) is 0.770. The Kier molecular flexibility index (Phi) is 5.17. The Morgan fingerprint density at radius 3 is 2.67 bits per heavy atom. The van der Waals surface area contributed by atoms with Crippen molar-refractivity contribution in [1.82, 2.24) is 19.5 Å². The summed E-state index contributed by atoms with van der Waals surface area (Å²) in [6, 6.07) is 0. The largest absolute Gasteiger partial charge is 0.359 e. The van der Waals surface area contributed by atoms with E-state index in [9.17, 15) is 0 Å². The normalized spacial score (nSPS) is 10.9. The highest BCUT2D eigenvalue weighted by molar-refractivity contribution is 6.30. The second-order valence-corrected chi connectivity index (χ2v) is 5.53. The molecule has 21 heavy (non-hydrogen) atoms. The van der Waals surface area contributed by atoms with Gasteiger partial charge in [-0.2, -0.15) is 0 Å². The van der Waals surface area contributed by atoms with E-state index in [0.717, 1.165) is 49.0 Å². The maximum Gasteiger partial charge on any atom is 0.137 e. The second-order valence-electron chi connectivity index (χ2n) is 5.18. The van der Waals surface area contributed by atoms with E-state index < -0.39 is 0 Å². The van der Waals surface area contributed by atoms with Crippen LogP contribution in [-0.4, -0.2) is 33.1 Å². The van der Waals surface area contributed by atoms with Gasteiger partial charge in [0, 0.05) is 44.5 Å². The first-order valence-corrected chi connectivity index (χ1v) is 7.62. The van der Waals surface area contributed by atoms with Crippen LogP contribution in [0.1, 0.15) is 30.6 Å². The SMILES string of the molecule is CCc1nc(Cl)c(C)c(N(C)CCCn2ccnc2C)n1. The molecule has 0 bridgehead atoms. The third-order valence-corrected chi connectivity index (χ3v) is 3.97. The molecule has 2 rings (SSSR count). The number of aryl methyl sites for hydroxylation is 3. The van der Waals surface area contributed by atoms with Crippen molar-refractivity contribution in [3.05, 3.63) is 34.8 Å². The smallest absolute Gasteiger partial charge is 0.137 e. The van der Waals surface area contributed by atoms with E-state index in [0.29, 0.717) is 5.15 Å². The van der Waals surface area contributed by atoms with Crippen LogP contribution in [-0.2, 0) is 13.0 Å². The van der Waals surface area contributed by atoms with Crippen LogP contribution in [0, 0.1) is 13.8 Å². The van der Waals surface area contributed by atoms with E-state index in [-0.39, 0.29) is 0 Å². The zero-order valence-electron chi connectivity index (χ0n) is 13.1. The first kappa shape index (κ1) is 15.8. The van der Waals surface area contributed by atoms with Gasteiger partial charge in [-0.3, -0.25) is 0 Å². The number of hydrogen-bond donors (Lipinski definition) is 0. The monoisotopic (exact) mass is 307 g/mol. The van der Waals surface area contributed by atoms with Crippen molar-refractivity contribution in [2.75, 3.05) is 18.5 Å². The molecule has 0 aliphatic rings. The fourth-order valence-corrected chi connectivity index (χ4v) is 2.46. The molecule has 0 fully saturated rings. The summed E-state index contributed by atoms with van der Waals surface area (Å²) < 4.78 is 2.16. The van der Waals surface area contributed by atoms with Crippen LogP contribution in [0.3, 0.4) is 0 Å². The highest BCUT2D eigenvalue weighted by Crippen LogP contribution is 2.23. The molecule has 0 aliphatic heterocycles. The minimum absolute atomic E-state index is 0.550. The Morgan fingerprint density at radius 2 is 2.05 bits per heavy atom. The topological polar surface area (TPSA) is 46.8 Å². The molecule has 0 aliphatic carbocycles. The van der Waals surface area contributed by atoms with Crippen LogP contribution in [0.4, 0.5) is 5.82 Å². The molecule has 0 radical (unpaired) electrons. The van der Waals surface area contributed by atoms with E-state index in [4.69, 9.17) is 11.6 Å². The Hall–Kier alpha value is -1.62. The first-order chi connectivity index (χ1) is 10.0. The summed E-state index contributed by atoms with van der Waals surface area (Å²) in [4.78, 5) is 15.3. The van der Waals surface area contributed by atoms with Crippen molar-refractivity contribution in [2.24, 2.45) is 0 Å². The summed E-state index contributed by atoms with van der Waals surface area (Å²) >= 11 is 6.19. The highest BCUT2D eigenvalue weighted by Gasteiger charge is 2.12. The number of rotatable bonds is 6. The van der Waals surface area contributed by atoms with Crippen molar-refractivity contribution in [3.8, 4) is 0 Å². The lowest BCUT2D eigenvalue weighted by molar-refractivity contribution is 0.620. The second kappa shape index (κ2) is 6.89. The van der Waals surface area contributed by atoms with Crippen molar-refractivity contribution in [1.29, 1.82) is 0 Å². The molecule has 0 amide bonds. The molecule has 0 N–H and O–H groups in total. The van der Waals surface area contributed by atoms with E-state index >= 15 is 0 Å². The third-order valence-electron chi connectivity index (χ3n) is 3.60. The molecule has 2 aromatic heterocycles. The summed E-state index contributed by atoms with van der Waals surface area (Å²) in [7, 11) is 2.05. The maximum absolute atomic E-state index is 6.19. The van der Waals surface area contributed by atoms with Gasteiger partial charge in [0.2, 0.25) is 0 Å². The highest BCUT2D eigenvalue weighted by atomic mass is 35.5. The zero-order chi connectivity index (χ0) is 15.4. The molecule has 0 unspecified atom stereocenters. The van der Waals surface area contributed by atoms with Crippen molar-refractivity contribution in [2.45, 2.75) is 40.2 Å². The molecule has 114 valence electrons. The molecule has 0 aromatic carbocycles. The van der Waals surface area contributed by atoms with Gasteiger partial charge < -0.3 is 9.47 Å². The Labute approximate surface area is 131 Å². The number of aromatic nitrogens is 4. The molecule has 2 aromatic rings. The Bertz CT molecular complexity index is 608. The molecule has 0 saturated carbocycles. The molecular formula is C15H22ClN5. The van der Waals surface area contributed by atoms with Crippen molar-refractivity contribution < 1.29 is 0 Å². The van der Waals surface area contributed by atoms with Crippen LogP contribution in [0.25, 0.3) is 0 Å². The standard InChI is InChI=1S/C15H22ClN5/c1-5-13-18-14(16)11(2)15(19-13)20(4)8-6-9-21-10-7-17-12(21)3/h7,10H,5-6,8-9H2,1-4H3. The van der Waals surface area contributed by atoms with Crippen LogP contribution in [0.2, 0.25) is 5.15 Å². The molecule has 0 spiro atoms. The number of imidazole rings is 1. The lowest BCUT2D eigenvalue weighted by Crippen LogP contribution is -2.23. The summed E-state index contributed by atoms with van der Waals surface area (Å²) in [5.41, 5.74) is 0.940. The van der Waals surface area contributed by atoms with Gasteiger partial charge >= 0.3 is 0 Å². The van der Waals surface area contributed by atoms with Crippen LogP contribution >= 0.6 is 11.6 Å². The fourth-order valence-electron chi connectivity index (χ4n) is 2.27. The van der Waals surface area contributed by atoms with Gasteiger partial charge in [0.25, 0.3) is 0 Å². The van der Waals surface area contributed by atoms with Crippen LogP contribution in [0.15, 0.2) is 12.4 Å². The van der Waals surface area contributed by atoms with Crippen LogP contribution in [0.5, 0.6) is 0 Å². The van der Waals surface area contributed by atoms with Gasteiger partial charge in [-0.05, 0) is 20.3 Å². The summed E-state index contributed by atoms with van der Waals surface area (Å²) in [6.45, 7) is 7.88. The average Bonchev–Trinajstić information content (AvgIpc) is 2.87. The van der Waals surface area contributed by atoms with Crippen molar-refractivity contribution in [3.63, 3.8) is 0 Å². The number of halogens is 1. The summed E-state index contributed by atoms with van der Waals surface area (Å²) in [6.07, 6.45) is 5.66. The van der Waals surface area contributed by atoms with E-state index in [1.165, 1.54) is 0 Å². The van der Waals surface area contributed by atoms with Gasteiger partial charge in [-0.25, -0.2) is 15.0 Å². The van der Waals surface area contributed by atoms with Gasteiger partial charge in [-0.1, -0.05) is 18.5 Å². The number of hydrogen-bond acceptors (Lipinski definition) is 4. The maximum atomic E-state index is 6.19. The van der Waals surface area contributed by atoms with E-state index in [1.807, 2.05) is 40.2 Å². The molecule has 0 saturated heterocycles. The molecule has 2 heterocycles.